The first-order chi connectivity index (χ1) is 13.4. The molecule has 0 aliphatic heterocycles. The van der Waals surface area contributed by atoms with Crippen LogP contribution in [0.25, 0.3) is 0 Å². The Kier molecular flexibility index (Phi) is 6.19. The number of nitrogens with one attached hydrogen (secondary N) is 3. The summed E-state index contributed by atoms with van der Waals surface area (Å²) in [7, 11) is -3.64. The Morgan fingerprint density at radius 1 is 1.11 bits per heavy atom. The number of carbonyl (C=O) groups excluding carboxylic acids is 1. The number of amides is 1. The lowest BCUT2D eigenvalue weighted by Gasteiger charge is -2.09. The molecule has 0 unspecified atom stereocenters. The number of tetrazole rings is 1. The highest BCUT2D eigenvalue weighted by molar-refractivity contribution is 7.89. The highest BCUT2D eigenvalue weighted by atomic mass is 35.5. The van der Waals surface area contributed by atoms with E-state index in [1.54, 1.807) is 24.3 Å². The number of ether oxygens (including phenoxy) is 1. The molecule has 0 aliphatic rings. The second kappa shape index (κ2) is 8.78. The molecule has 10 nitrogen and oxygen atoms in total. The van der Waals surface area contributed by atoms with Gasteiger partial charge < -0.3 is 4.74 Å². The smallest absolute Gasteiger partial charge is 0.269 e. The monoisotopic (exact) mass is 422 g/mol. The van der Waals surface area contributed by atoms with Crippen molar-refractivity contribution in [3.05, 3.63) is 59.1 Å². The summed E-state index contributed by atoms with van der Waals surface area (Å²) in [5.74, 6) is 0.0608. The molecule has 0 atom stereocenters. The second-order valence-electron chi connectivity index (χ2n) is 5.49. The molecule has 12 heteroatoms. The molecule has 0 spiro atoms. The maximum absolute atomic E-state index is 12.3. The van der Waals surface area contributed by atoms with Gasteiger partial charge in [-0.2, -0.15) is 5.21 Å². The van der Waals surface area contributed by atoms with Crippen molar-refractivity contribution in [3.63, 3.8) is 0 Å². The molecule has 0 fully saturated rings. The summed E-state index contributed by atoms with van der Waals surface area (Å²) in [4.78, 5) is 11.8. The van der Waals surface area contributed by atoms with Crippen LogP contribution in [0.15, 0.2) is 53.4 Å². The van der Waals surface area contributed by atoms with Gasteiger partial charge in [0.05, 0.1) is 4.90 Å². The molecule has 0 saturated heterocycles. The van der Waals surface area contributed by atoms with Gasteiger partial charge in [0.1, 0.15) is 5.75 Å². The lowest BCUT2D eigenvalue weighted by Crippen LogP contribution is -2.23. The fraction of sp³-hybridized carbons (Fsp3) is 0.125. The molecule has 0 saturated carbocycles. The summed E-state index contributed by atoms with van der Waals surface area (Å²) in [6.07, 6.45) is 0. The van der Waals surface area contributed by atoms with Crippen LogP contribution in [0, 0.1) is 0 Å². The first-order valence-electron chi connectivity index (χ1n) is 7.93. The SMILES string of the molecule is O=C(COc1ccc(CNS(=O)(=O)c2ccc(Cl)cc2)cc1)Nc1nn[nH]n1. The number of hydrogen-bond donors (Lipinski definition) is 3. The third kappa shape index (κ3) is 5.49. The molecule has 146 valence electrons. The number of rotatable bonds is 8. The standard InChI is InChI=1S/C16H15ClN6O4S/c17-12-3-7-14(8-4-12)28(25,26)18-9-11-1-5-13(6-2-11)27-10-15(24)19-16-20-22-23-21-16/h1-8,18H,9-10H2,(H2,19,20,21,22,23,24). The molecule has 3 N–H and O–H groups in total. The van der Waals surface area contributed by atoms with Gasteiger partial charge >= 0.3 is 0 Å². The summed E-state index contributed by atoms with van der Waals surface area (Å²) < 4.78 is 32.4. The van der Waals surface area contributed by atoms with Crippen LogP contribution in [0.3, 0.4) is 0 Å². The minimum Gasteiger partial charge on any atom is -0.484 e. The Morgan fingerprint density at radius 3 is 2.46 bits per heavy atom. The van der Waals surface area contributed by atoms with Gasteiger partial charge in [0.25, 0.3) is 11.9 Å². The number of anilines is 1. The average Bonchev–Trinajstić information content (AvgIpc) is 3.19. The molecule has 28 heavy (non-hydrogen) atoms. The molecular formula is C16H15ClN6O4S. The first kappa shape index (κ1) is 19.7. The molecular weight excluding hydrogens is 408 g/mol. The minimum atomic E-state index is -3.64. The predicted octanol–water partition coefficient (Wildman–Crippen LogP) is 1.35. The molecule has 1 amide bonds. The van der Waals surface area contributed by atoms with Crippen molar-refractivity contribution in [2.45, 2.75) is 11.4 Å². The number of halogens is 1. The second-order valence-corrected chi connectivity index (χ2v) is 7.70. The predicted molar refractivity (Wildman–Crippen MR) is 100 cm³/mol. The van der Waals surface area contributed by atoms with Gasteiger partial charge in [-0.05, 0) is 47.2 Å². The van der Waals surface area contributed by atoms with Crippen molar-refractivity contribution in [1.29, 1.82) is 0 Å². The summed E-state index contributed by atoms with van der Waals surface area (Å²) in [6.45, 7) is -0.138. The topological polar surface area (TPSA) is 139 Å². The van der Waals surface area contributed by atoms with E-state index in [9.17, 15) is 13.2 Å². The van der Waals surface area contributed by atoms with E-state index in [0.717, 1.165) is 5.56 Å². The van der Waals surface area contributed by atoms with Crippen LogP contribution in [0.1, 0.15) is 5.56 Å². The van der Waals surface area contributed by atoms with E-state index in [4.69, 9.17) is 16.3 Å². The minimum absolute atomic E-state index is 0.0527. The number of H-pyrrole nitrogens is 1. The zero-order valence-electron chi connectivity index (χ0n) is 14.3. The van der Waals surface area contributed by atoms with Gasteiger partial charge in [0, 0.05) is 11.6 Å². The number of benzene rings is 2. The molecule has 1 heterocycles. The van der Waals surface area contributed by atoms with E-state index in [1.165, 1.54) is 24.3 Å². The molecule has 3 rings (SSSR count). The highest BCUT2D eigenvalue weighted by Crippen LogP contribution is 2.16. The first-order valence-corrected chi connectivity index (χ1v) is 9.79. The zero-order valence-corrected chi connectivity index (χ0v) is 15.9. The summed E-state index contributed by atoms with van der Waals surface area (Å²) >= 11 is 5.77. The fourth-order valence-electron chi connectivity index (χ4n) is 2.10. The van der Waals surface area contributed by atoms with Crippen molar-refractivity contribution < 1.29 is 17.9 Å². The van der Waals surface area contributed by atoms with Gasteiger partial charge in [0.15, 0.2) is 6.61 Å². The highest BCUT2D eigenvalue weighted by Gasteiger charge is 2.13. The summed E-state index contributed by atoms with van der Waals surface area (Å²) in [5.41, 5.74) is 0.723. The normalized spacial score (nSPS) is 11.2. The lowest BCUT2D eigenvalue weighted by atomic mass is 10.2. The maximum atomic E-state index is 12.3. The molecule has 0 aliphatic carbocycles. The molecule has 0 bridgehead atoms. The number of carbonyl (C=O) groups is 1. The molecule has 1 aromatic heterocycles. The Labute approximate surface area is 165 Å². The largest absolute Gasteiger partial charge is 0.484 e. The Bertz CT molecular complexity index is 1020. The van der Waals surface area contributed by atoms with Crippen LogP contribution in [0.2, 0.25) is 5.02 Å². The van der Waals surface area contributed by atoms with E-state index in [0.29, 0.717) is 10.8 Å². The van der Waals surface area contributed by atoms with Gasteiger partial charge in [-0.15, -0.1) is 5.10 Å². The quantitative estimate of drug-likeness (QED) is 0.497. The van der Waals surface area contributed by atoms with E-state index >= 15 is 0 Å². The van der Waals surface area contributed by atoms with Gasteiger partial charge in [-0.1, -0.05) is 28.8 Å². The number of nitrogens with zero attached hydrogens (tertiary/aromatic N) is 3. The van der Waals surface area contributed by atoms with Crippen molar-refractivity contribution in [3.8, 4) is 5.75 Å². The average molecular weight is 423 g/mol. The number of sulfonamides is 1. The fourth-order valence-corrected chi connectivity index (χ4v) is 3.25. The van der Waals surface area contributed by atoms with Crippen LogP contribution in [-0.2, 0) is 21.4 Å². The summed E-state index contributed by atoms with van der Waals surface area (Å²) in [5, 5.41) is 15.6. The summed E-state index contributed by atoms with van der Waals surface area (Å²) in [6, 6.07) is 12.5. The van der Waals surface area contributed by atoms with Crippen LogP contribution in [0.4, 0.5) is 5.95 Å². The van der Waals surface area contributed by atoms with Crippen LogP contribution < -0.4 is 14.8 Å². The third-order valence-electron chi connectivity index (χ3n) is 3.48. The third-order valence-corrected chi connectivity index (χ3v) is 5.15. The van der Waals surface area contributed by atoms with E-state index in [2.05, 4.69) is 30.7 Å². The van der Waals surface area contributed by atoms with Gasteiger partial charge in [-0.3, -0.25) is 10.1 Å². The van der Waals surface area contributed by atoms with E-state index in [-0.39, 0.29) is 24.0 Å². The molecule has 3 aromatic rings. The maximum Gasteiger partial charge on any atom is 0.269 e. The molecule has 2 aromatic carbocycles. The van der Waals surface area contributed by atoms with E-state index in [1.807, 2.05) is 0 Å². The van der Waals surface area contributed by atoms with E-state index < -0.39 is 15.9 Å². The zero-order chi connectivity index (χ0) is 20.0. The van der Waals surface area contributed by atoms with Crippen LogP contribution >= 0.6 is 11.6 Å². The Hall–Kier alpha value is -3.02. The number of hydrogen-bond acceptors (Lipinski definition) is 7. The van der Waals surface area contributed by atoms with Crippen molar-refractivity contribution in [2.24, 2.45) is 0 Å². The number of aromatic nitrogens is 4. The van der Waals surface area contributed by atoms with Gasteiger partial charge in [-0.25, -0.2) is 13.1 Å². The number of aromatic amines is 1. The van der Waals surface area contributed by atoms with Gasteiger partial charge in [0.2, 0.25) is 10.0 Å². The molecule has 0 radical (unpaired) electrons. The lowest BCUT2D eigenvalue weighted by molar-refractivity contribution is -0.118. The van der Waals surface area contributed by atoms with Crippen LogP contribution in [-0.4, -0.2) is 41.6 Å². The Morgan fingerprint density at radius 2 is 1.82 bits per heavy atom. The Balaban J connectivity index is 1.50. The van der Waals surface area contributed by atoms with Crippen LogP contribution in [0.5, 0.6) is 5.75 Å². The van der Waals surface area contributed by atoms with Crippen molar-refractivity contribution >= 4 is 33.5 Å². The van der Waals surface area contributed by atoms with Crippen molar-refractivity contribution in [1.82, 2.24) is 25.3 Å². The van der Waals surface area contributed by atoms with Crippen molar-refractivity contribution in [2.75, 3.05) is 11.9 Å².